The second-order valence-electron chi connectivity index (χ2n) is 6.53. The largest absolute Gasteiger partial charge is 0.379 e. The van der Waals surface area contributed by atoms with Crippen molar-refractivity contribution in [2.45, 2.75) is 6.92 Å². The minimum Gasteiger partial charge on any atom is -0.379 e. The van der Waals surface area contributed by atoms with E-state index in [-0.39, 0.29) is 5.91 Å². The number of hydrogen-bond donors (Lipinski definition) is 1. The highest BCUT2D eigenvalue weighted by Crippen LogP contribution is 2.16. The number of nitrogens with one attached hydrogen (secondary N) is 1. The third-order valence-corrected chi connectivity index (χ3v) is 4.98. The average molecular weight is 347 g/mol. The average Bonchev–Trinajstić information content (AvgIpc) is 2.69. The number of likely N-dealkylation sites (N-methyl/N-ethyl adjacent to an activating group) is 1. The minimum absolute atomic E-state index is 0.0951. The van der Waals surface area contributed by atoms with Crippen LogP contribution in [-0.2, 0) is 4.74 Å². The first-order chi connectivity index (χ1) is 12.3. The smallest absolute Gasteiger partial charge is 0.269 e. The number of anilines is 1. The third-order valence-electron chi connectivity index (χ3n) is 4.98. The Morgan fingerprint density at radius 1 is 1.16 bits per heavy atom. The highest BCUT2D eigenvalue weighted by atomic mass is 16.5. The molecule has 7 nitrogen and oxygen atoms in total. The Hall–Kier alpha value is -1.70. The van der Waals surface area contributed by atoms with Crippen LogP contribution >= 0.6 is 0 Å². The number of amides is 1. The summed E-state index contributed by atoms with van der Waals surface area (Å²) in [6.07, 6.45) is 1.73. The second kappa shape index (κ2) is 9.12. The van der Waals surface area contributed by atoms with E-state index >= 15 is 0 Å². The lowest BCUT2D eigenvalue weighted by molar-refractivity contribution is 0.0383. The zero-order chi connectivity index (χ0) is 17.5. The molecule has 3 rings (SSSR count). The fourth-order valence-corrected chi connectivity index (χ4v) is 3.31. The van der Waals surface area contributed by atoms with Crippen LogP contribution in [0.15, 0.2) is 18.3 Å². The zero-order valence-corrected chi connectivity index (χ0v) is 15.1. The van der Waals surface area contributed by atoms with Gasteiger partial charge in [-0.2, -0.15) is 0 Å². The van der Waals surface area contributed by atoms with Crippen LogP contribution in [0.3, 0.4) is 0 Å². The quantitative estimate of drug-likeness (QED) is 0.798. The van der Waals surface area contributed by atoms with Gasteiger partial charge >= 0.3 is 0 Å². The Morgan fingerprint density at radius 2 is 1.92 bits per heavy atom. The van der Waals surface area contributed by atoms with Crippen molar-refractivity contribution in [1.29, 1.82) is 0 Å². The van der Waals surface area contributed by atoms with E-state index in [1.54, 1.807) is 6.20 Å². The van der Waals surface area contributed by atoms with Crippen molar-refractivity contribution in [3.8, 4) is 0 Å². The number of nitrogens with zero attached hydrogens (tertiary/aromatic N) is 4. The summed E-state index contributed by atoms with van der Waals surface area (Å²) >= 11 is 0. The van der Waals surface area contributed by atoms with Gasteiger partial charge in [0.2, 0.25) is 0 Å². The van der Waals surface area contributed by atoms with Gasteiger partial charge in [-0.05, 0) is 18.7 Å². The van der Waals surface area contributed by atoms with Gasteiger partial charge in [0.15, 0.2) is 0 Å². The summed E-state index contributed by atoms with van der Waals surface area (Å²) in [4.78, 5) is 23.7. The van der Waals surface area contributed by atoms with Crippen LogP contribution in [-0.4, -0.2) is 92.8 Å². The Kier molecular flexibility index (Phi) is 6.61. The predicted octanol–water partition coefficient (Wildman–Crippen LogP) is 0.286. The van der Waals surface area contributed by atoms with Crippen molar-refractivity contribution in [3.05, 3.63) is 24.0 Å². The topological polar surface area (TPSA) is 60.9 Å². The summed E-state index contributed by atoms with van der Waals surface area (Å²) in [6, 6.07) is 3.90. The first-order valence-corrected chi connectivity index (χ1v) is 9.28. The summed E-state index contributed by atoms with van der Waals surface area (Å²) in [6.45, 7) is 12.4. The molecule has 0 bridgehead atoms. The maximum atomic E-state index is 12.4. The number of carbonyl (C=O) groups excluding carboxylic acids is 1. The Morgan fingerprint density at radius 3 is 2.64 bits per heavy atom. The molecule has 0 unspecified atom stereocenters. The van der Waals surface area contributed by atoms with Crippen LogP contribution in [0.4, 0.5) is 5.69 Å². The van der Waals surface area contributed by atoms with Crippen molar-refractivity contribution in [2.24, 2.45) is 0 Å². The SMILES string of the molecule is CCN1CCN(c2ccnc(C(=O)NCCN3CCOCC3)c2)CC1. The Balaban J connectivity index is 1.49. The van der Waals surface area contributed by atoms with Gasteiger partial charge in [0.05, 0.1) is 13.2 Å². The van der Waals surface area contributed by atoms with Gasteiger partial charge in [-0.3, -0.25) is 14.7 Å². The molecule has 25 heavy (non-hydrogen) atoms. The first-order valence-electron chi connectivity index (χ1n) is 9.28. The van der Waals surface area contributed by atoms with E-state index in [0.717, 1.165) is 71.3 Å². The molecule has 0 aromatic carbocycles. The maximum absolute atomic E-state index is 12.4. The summed E-state index contributed by atoms with van der Waals surface area (Å²) in [7, 11) is 0. The van der Waals surface area contributed by atoms with E-state index in [1.807, 2.05) is 12.1 Å². The Bertz CT molecular complexity index is 554. The number of carbonyl (C=O) groups is 1. The molecule has 2 saturated heterocycles. The molecule has 3 heterocycles. The highest BCUT2D eigenvalue weighted by Gasteiger charge is 2.17. The number of hydrogen-bond acceptors (Lipinski definition) is 6. The van der Waals surface area contributed by atoms with Gasteiger partial charge in [0.25, 0.3) is 5.91 Å². The molecule has 1 N–H and O–H groups in total. The lowest BCUT2D eigenvalue weighted by atomic mass is 10.2. The van der Waals surface area contributed by atoms with Crippen LogP contribution < -0.4 is 10.2 Å². The van der Waals surface area contributed by atoms with Gasteiger partial charge in [-0.25, -0.2) is 0 Å². The van der Waals surface area contributed by atoms with Crippen LogP contribution in [0.1, 0.15) is 17.4 Å². The molecule has 1 amide bonds. The van der Waals surface area contributed by atoms with Crippen molar-refractivity contribution in [2.75, 3.05) is 77.0 Å². The van der Waals surface area contributed by atoms with Crippen molar-refractivity contribution in [3.63, 3.8) is 0 Å². The molecule has 0 radical (unpaired) electrons. The van der Waals surface area contributed by atoms with Gasteiger partial charge in [-0.1, -0.05) is 6.92 Å². The summed E-state index contributed by atoms with van der Waals surface area (Å²) in [5, 5.41) is 2.98. The fraction of sp³-hybridized carbons (Fsp3) is 0.667. The molecule has 1 aromatic heterocycles. The van der Waals surface area contributed by atoms with Crippen LogP contribution in [0.25, 0.3) is 0 Å². The lowest BCUT2D eigenvalue weighted by Gasteiger charge is -2.35. The zero-order valence-electron chi connectivity index (χ0n) is 15.1. The Labute approximate surface area is 149 Å². The maximum Gasteiger partial charge on any atom is 0.269 e. The molecular formula is C18H29N5O2. The van der Waals surface area contributed by atoms with Crippen molar-refractivity contribution < 1.29 is 9.53 Å². The fourth-order valence-electron chi connectivity index (χ4n) is 3.31. The number of pyridine rings is 1. The van der Waals surface area contributed by atoms with E-state index in [0.29, 0.717) is 12.2 Å². The standard InChI is InChI=1S/C18H29N5O2/c1-2-21-7-9-23(10-8-21)16-3-4-19-17(15-16)18(24)20-5-6-22-11-13-25-14-12-22/h3-4,15H,2,5-14H2,1H3,(H,20,24). The van der Waals surface area contributed by atoms with E-state index in [2.05, 4.69) is 31.9 Å². The molecule has 0 saturated carbocycles. The van der Waals surface area contributed by atoms with E-state index < -0.39 is 0 Å². The minimum atomic E-state index is -0.0951. The van der Waals surface area contributed by atoms with E-state index in [9.17, 15) is 4.79 Å². The molecule has 0 spiro atoms. The van der Waals surface area contributed by atoms with Crippen molar-refractivity contribution in [1.82, 2.24) is 20.1 Å². The highest BCUT2D eigenvalue weighted by molar-refractivity contribution is 5.93. The van der Waals surface area contributed by atoms with E-state index in [1.165, 1.54) is 0 Å². The molecule has 0 atom stereocenters. The number of piperazine rings is 1. The molecule has 7 heteroatoms. The van der Waals surface area contributed by atoms with Crippen LogP contribution in [0.5, 0.6) is 0 Å². The number of aromatic nitrogens is 1. The summed E-state index contributed by atoms with van der Waals surface area (Å²) < 4.78 is 5.33. The van der Waals surface area contributed by atoms with Gasteiger partial charge < -0.3 is 19.9 Å². The predicted molar refractivity (Wildman–Crippen MR) is 98.2 cm³/mol. The second-order valence-corrected chi connectivity index (χ2v) is 6.53. The van der Waals surface area contributed by atoms with Gasteiger partial charge in [0.1, 0.15) is 5.69 Å². The number of morpholine rings is 1. The normalized spacial score (nSPS) is 19.8. The summed E-state index contributed by atoms with van der Waals surface area (Å²) in [5.41, 5.74) is 1.58. The van der Waals surface area contributed by atoms with Crippen LogP contribution in [0, 0.1) is 0 Å². The molecule has 0 aliphatic carbocycles. The van der Waals surface area contributed by atoms with Gasteiger partial charge in [-0.15, -0.1) is 0 Å². The molecule has 1 aromatic rings. The first kappa shape index (κ1) is 18.1. The van der Waals surface area contributed by atoms with E-state index in [4.69, 9.17) is 4.74 Å². The van der Waals surface area contributed by atoms with Crippen molar-refractivity contribution >= 4 is 11.6 Å². The molecule has 2 aliphatic rings. The molecule has 2 fully saturated rings. The summed E-state index contributed by atoms with van der Waals surface area (Å²) in [5.74, 6) is -0.0951. The van der Waals surface area contributed by atoms with Gasteiger partial charge in [0, 0.05) is 64.2 Å². The molecule has 138 valence electrons. The number of rotatable bonds is 6. The molecular weight excluding hydrogens is 318 g/mol. The third kappa shape index (κ3) is 5.14. The lowest BCUT2D eigenvalue weighted by Crippen LogP contribution is -2.46. The monoisotopic (exact) mass is 347 g/mol. The van der Waals surface area contributed by atoms with Crippen LogP contribution in [0.2, 0.25) is 0 Å². The number of ether oxygens (including phenoxy) is 1. The molecule has 2 aliphatic heterocycles.